The maximum atomic E-state index is 13.0. The number of aromatic nitrogens is 2. The van der Waals surface area contributed by atoms with E-state index in [1.54, 1.807) is 12.1 Å². The van der Waals surface area contributed by atoms with Crippen LogP contribution in [-0.2, 0) is 11.3 Å². The molecule has 4 nitrogen and oxygen atoms in total. The lowest BCUT2D eigenvalue weighted by molar-refractivity contribution is -0.120. The summed E-state index contributed by atoms with van der Waals surface area (Å²) in [5.41, 5.74) is 1.75. The fraction of sp³-hybridized carbons (Fsp3) is 0.167. The van der Waals surface area contributed by atoms with E-state index in [-0.39, 0.29) is 11.7 Å². The normalized spacial score (nSPS) is 11.9. The monoisotopic (exact) mass is 373 g/mol. The largest absolute Gasteiger partial charge is 0.351 e. The topological polar surface area (TPSA) is 54.9 Å². The summed E-state index contributed by atoms with van der Waals surface area (Å²) in [6, 6.07) is 15.7. The van der Waals surface area contributed by atoms with Gasteiger partial charge in [0.25, 0.3) is 0 Å². The first-order chi connectivity index (χ1) is 12.1. The molecular weight excluding hydrogens is 357 g/mol. The van der Waals surface area contributed by atoms with E-state index in [4.69, 9.17) is 0 Å². The van der Waals surface area contributed by atoms with Crippen molar-refractivity contribution >= 4 is 29.0 Å². The van der Waals surface area contributed by atoms with Gasteiger partial charge in [-0.3, -0.25) is 4.79 Å². The number of nitrogens with zero attached hydrogens (tertiary/aromatic N) is 2. The summed E-state index contributed by atoms with van der Waals surface area (Å²) in [6.45, 7) is 2.23. The highest BCUT2D eigenvalue weighted by Gasteiger charge is 2.23. The fourth-order valence-electron chi connectivity index (χ4n) is 2.21. The Labute approximate surface area is 153 Å². The highest BCUT2D eigenvalue weighted by atomic mass is 32.2. The van der Waals surface area contributed by atoms with E-state index in [1.807, 2.05) is 37.3 Å². The maximum Gasteiger partial charge on any atom is 0.238 e. The molecule has 0 radical (unpaired) electrons. The van der Waals surface area contributed by atoms with Crippen LogP contribution in [0.1, 0.15) is 21.4 Å². The Balaban J connectivity index is 1.73. The van der Waals surface area contributed by atoms with E-state index in [0.717, 1.165) is 20.5 Å². The summed E-state index contributed by atoms with van der Waals surface area (Å²) in [4.78, 5) is 12.7. The predicted molar refractivity (Wildman–Crippen MR) is 97.9 cm³/mol. The van der Waals surface area contributed by atoms with Gasteiger partial charge in [0.1, 0.15) is 16.1 Å². The number of rotatable bonds is 6. The van der Waals surface area contributed by atoms with Crippen molar-refractivity contribution in [1.82, 2.24) is 15.5 Å². The number of nitrogens with one attached hydrogen (secondary N) is 1. The molecule has 3 rings (SSSR count). The second-order valence-electron chi connectivity index (χ2n) is 5.34. The third kappa shape index (κ3) is 4.87. The number of aryl methyl sites for hydroxylation is 1. The van der Waals surface area contributed by atoms with Crippen LogP contribution in [0.3, 0.4) is 0 Å². The van der Waals surface area contributed by atoms with E-state index >= 15 is 0 Å². The van der Waals surface area contributed by atoms with Crippen molar-refractivity contribution in [3.63, 3.8) is 0 Å². The summed E-state index contributed by atoms with van der Waals surface area (Å²) in [7, 11) is 0. The first-order valence-corrected chi connectivity index (χ1v) is 9.35. The average Bonchev–Trinajstić information content (AvgIpc) is 3.05. The molecule has 1 heterocycles. The Bertz CT molecular complexity index is 837. The van der Waals surface area contributed by atoms with Crippen LogP contribution in [0.2, 0.25) is 0 Å². The number of carbonyl (C=O) groups is 1. The lowest BCUT2D eigenvalue weighted by Gasteiger charge is -2.15. The summed E-state index contributed by atoms with van der Waals surface area (Å²) in [5.74, 6) is -0.409. The molecule has 2 aromatic carbocycles. The molecule has 0 aliphatic heterocycles. The van der Waals surface area contributed by atoms with E-state index < -0.39 is 5.25 Å². The van der Waals surface area contributed by atoms with Crippen LogP contribution in [0, 0.1) is 12.7 Å². The molecular formula is C18H16FN3OS2. The minimum atomic E-state index is -0.422. The lowest BCUT2D eigenvalue weighted by atomic mass is 10.1. The molecule has 7 heteroatoms. The first-order valence-electron chi connectivity index (χ1n) is 7.65. The van der Waals surface area contributed by atoms with Gasteiger partial charge in [0.05, 0.1) is 0 Å². The van der Waals surface area contributed by atoms with Crippen molar-refractivity contribution in [2.24, 2.45) is 0 Å². The minimum Gasteiger partial charge on any atom is -0.351 e. The maximum absolute atomic E-state index is 13.0. The molecule has 0 aliphatic rings. The Kier molecular flexibility index (Phi) is 5.78. The number of hydrogen-bond donors (Lipinski definition) is 1. The third-order valence-corrected chi connectivity index (χ3v) is 5.62. The van der Waals surface area contributed by atoms with Gasteiger partial charge in [-0.2, -0.15) is 0 Å². The van der Waals surface area contributed by atoms with Crippen molar-refractivity contribution in [3.8, 4) is 0 Å². The highest BCUT2D eigenvalue weighted by molar-refractivity contribution is 8.01. The van der Waals surface area contributed by atoms with Crippen LogP contribution >= 0.6 is 23.1 Å². The summed E-state index contributed by atoms with van der Waals surface area (Å²) in [5, 5.41) is 11.5. The molecule has 3 aromatic rings. The molecule has 0 fully saturated rings. The second kappa shape index (κ2) is 8.22. The molecule has 0 aliphatic carbocycles. The van der Waals surface area contributed by atoms with Crippen LogP contribution in [0.4, 0.5) is 4.39 Å². The number of amides is 1. The standard InChI is InChI=1S/C18H16FN3OS2/c1-12-21-22-18(24-12)25-16(14-5-3-2-4-6-14)17(23)20-11-13-7-9-15(19)10-8-13/h2-10,16H,11H2,1H3,(H,20,23)/t16-/m0/s1. The molecule has 0 bridgehead atoms. The van der Waals surface area contributed by atoms with Crippen LogP contribution in [-0.4, -0.2) is 16.1 Å². The molecule has 1 aromatic heterocycles. The van der Waals surface area contributed by atoms with Crippen molar-refractivity contribution in [2.75, 3.05) is 0 Å². The van der Waals surface area contributed by atoms with Crippen LogP contribution < -0.4 is 5.32 Å². The van der Waals surface area contributed by atoms with Gasteiger partial charge in [-0.05, 0) is 30.2 Å². The molecule has 0 saturated heterocycles. The SMILES string of the molecule is Cc1nnc(S[C@H](C(=O)NCc2ccc(F)cc2)c2ccccc2)s1. The van der Waals surface area contributed by atoms with Gasteiger partial charge in [-0.1, -0.05) is 65.6 Å². The van der Waals surface area contributed by atoms with E-state index in [1.165, 1.54) is 35.2 Å². The molecule has 1 amide bonds. The lowest BCUT2D eigenvalue weighted by Crippen LogP contribution is -2.27. The summed E-state index contributed by atoms with van der Waals surface area (Å²) in [6.07, 6.45) is 0. The van der Waals surface area contributed by atoms with E-state index in [0.29, 0.717) is 6.54 Å². The van der Waals surface area contributed by atoms with E-state index in [9.17, 15) is 9.18 Å². The van der Waals surface area contributed by atoms with Crippen molar-refractivity contribution < 1.29 is 9.18 Å². The van der Waals surface area contributed by atoms with Gasteiger partial charge in [-0.15, -0.1) is 10.2 Å². The van der Waals surface area contributed by atoms with Crippen molar-refractivity contribution in [1.29, 1.82) is 0 Å². The van der Waals surface area contributed by atoms with Gasteiger partial charge in [0, 0.05) is 6.54 Å². The highest BCUT2D eigenvalue weighted by Crippen LogP contribution is 2.36. The molecule has 0 spiro atoms. The summed E-state index contributed by atoms with van der Waals surface area (Å²) >= 11 is 2.84. The van der Waals surface area contributed by atoms with Gasteiger partial charge in [0.2, 0.25) is 5.91 Å². The fourth-order valence-corrected chi connectivity index (χ4v) is 4.24. The molecule has 25 heavy (non-hydrogen) atoms. The smallest absolute Gasteiger partial charge is 0.238 e. The molecule has 128 valence electrons. The second-order valence-corrected chi connectivity index (χ2v) is 7.87. The molecule has 0 saturated carbocycles. The van der Waals surface area contributed by atoms with Crippen molar-refractivity contribution in [2.45, 2.75) is 23.1 Å². The average molecular weight is 373 g/mol. The zero-order valence-corrected chi connectivity index (χ0v) is 15.1. The Morgan fingerprint density at radius 2 is 1.88 bits per heavy atom. The minimum absolute atomic E-state index is 0.117. The zero-order chi connectivity index (χ0) is 17.6. The number of benzene rings is 2. The van der Waals surface area contributed by atoms with Gasteiger partial charge in [0.15, 0.2) is 4.34 Å². The van der Waals surface area contributed by atoms with E-state index in [2.05, 4.69) is 15.5 Å². The number of thioether (sulfide) groups is 1. The van der Waals surface area contributed by atoms with Gasteiger partial charge in [-0.25, -0.2) is 4.39 Å². The Morgan fingerprint density at radius 3 is 2.52 bits per heavy atom. The first kappa shape index (κ1) is 17.6. The summed E-state index contributed by atoms with van der Waals surface area (Å²) < 4.78 is 13.7. The van der Waals surface area contributed by atoms with Crippen LogP contribution in [0.15, 0.2) is 58.9 Å². The quantitative estimate of drug-likeness (QED) is 0.660. The third-order valence-electron chi connectivity index (χ3n) is 3.45. The molecule has 1 N–H and O–H groups in total. The zero-order valence-electron chi connectivity index (χ0n) is 13.5. The number of carbonyl (C=O) groups excluding carboxylic acids is 1. The Hall–Kier alpha value is -2.25. The van der Waals surface area contributed by atoms with Gasteiger partial charge < -0.3 is 5.32 Å². The predicted octanol–water partition coefficient (Wildman–Crippen LogP) is 4.14. The van der Waals surface area contributed by atoms with Crippen LogP contribution in [0.25, 0.3) is 0 Å². The molecule has 0 unspecified atom stereocenters. The van der Waals surface area contributed by atoms with Crippen molar-refractivity contribution in [3.05, 3.63) is 76.5 Å². The van der Waals surface area contributed by atoms with Gasteiger partial charge >= 0.3 is 0 Å². The molecule has 1 atom stereocenters. The number of halogens is 1. The number of hydrogen-bond acceptors (Lipinski definition) is 5. The Morgan fingerprint density at radius 1 is 1.16 bits per heavy atom. The van der Waals surface area contributed by atoms with Crippen LogP contribution in [0.5, 0.6) is 0 Å².